The van der Waals surface area contributed by atoms with Crippen molar-refractivity contribution in [1.82, 2.24) is 9.55 Å². The summed E-state index contributed by atoms with van der Waals surface area (Å²) in [5.41, 5.74) is 1.42. The third-order valence-corrected chi connectivity index (χ3v) is 4.62. The van der Waals surface area contributed by atoms with Gasteiger partial charge in [0.05, 0.1) is 29.7 Å². The maximum absolute atomic E-state index is 13.2. The standard InChI is InChI=1S/C20H22ClN3O2/c1-14(22-12-5-13-26-2)19-23-18-7-4-3-6-17(18)20(25)24(19)16-10-8-15(21)9-11-16/h3-4,6-11,14,22H,5,12-13H2,1-2H3/p+1/t14-/m0/s1. The fraction of sp³-hybridized carbons (Fsp3) is 0.300. The zero-order valence-corrected chi connectivity index (χ0v) is 15.7. The molecular weight excluding hydrogens is 350 g/mol. The van der Waals surface area contributed by atoms with Crippen LogP contribution in [0.5, 0.6) is 0 Å². The fourth-order valence-corrected chi connectivity index (χ4v) is 3.12. The van der Waals surface area contributed by atoms with Crippen molar-refractivity contribution < 1.29 is 10.1 Å². The number of ether oxygens (including phenoxy) is 1. The number of hydrogen-bond donors (Lipinski definition) is 1. The van der Waals surface area contributed by atoms with Gasteiger partial charge in [0.25, 0.3) is 5.56 Å². The molecule has 0 saturated heterocycles. The van der Waals surface area contributed by atoms with Gasteiger partial charge in [-0.15, -0.1) is 0 Å². The second-order valence-corrected chi connectivity index (χ2v) is 6.70. The summed E-state index contributed by atoms with van der Waals surface area (Å²) in [4.78, 5) is 18.0. The molecule has 0 radical (unpaired) electrons. The zero-order valence-electron chi connectivity index (χ0n) is 15.0. The molecular formula is C20H23ClN3O2+. The summed E-state index contributed by atoms with van der Waals surface area (Å²) in [6, 6.07) is 14.8. The lowest BCUT2D eigenvalue weighted by Gasteiger charge is -2.17. The Kier molecular flexibility index (Phi) is 6.04. The number of para-hydroxylation sites is 1. The largest absolute Gasteiger partial charge is 0.384 e. The second-order valence-electron chi connectivity index (χ2n) is 6.26. The van der Waals surface area contributed by atoms with E-state index in [-0.39, 0.29) is 11.6 Å². The number of aromatic nitrogens is 2. The number of benzene rings is 2. The Labute approximate surface area is 157 Å². The van der Waals surface area contributed by atoms with Crippen LogP contribution in [0, 0.1) is 0 Å². The maximum Gasteiger partial charge on any atom is 0.266 e. The Morgan fingerprint density at radius 3 is 2.65 bits per heavy atom. The van der Waals surface area contributed by atoms with Crippen LogP contribution in [0.25, 0.3) is 16.6 Å². The highest BCUT2D eigenvalue weighted by Gasteiger charge is 2.19. The smallest absolute Gasteiger partial charge is 0.266 e. The number of nitrogens with two attached hydrogens (primary N) is 1. The summed E-state index contributed by atoms with van der Waals surface area (Å²) in [7, 11) is 1.70. The molecule has 1 atom stereocenters. The molecule has 2 N–H and O–H groups in total. The molecule has 0 bridgehead atoms. The maximum atomic E-state index is 13.2. The van der Waals surface area contributed by atoms with E-state index in [1.165, 1.54) is 0 Å². The van der Waals surface area contributed by atoms with Crippen molar-refractivity contribution in [1.29, 1.82) is 0 Å². The number of methoxy groups -OCH3 is 1. The Bertz CT molecular complexity index is 938. The first-order valence-corrected chi connectivity index (χ1v) is 9.09. The fourth-order valence-electron chi connectivity index (χ4n) is 3.00. The Balaban J connectivity index is 2.08. The molecule has 0 aliphatic carbocycles. The van der Waals surface area contributed by atoms with Crippen LogP contribution in [-0.4, -0.2) is 29.8 Å². The van der Waals surface area contributed by atoms with Crippen LogP contribution in [-0.2, 0) is 4.74 Å². The molecule has 2 aromatic carbocycles. The summed E-state index contributed by atoms with van der Waals surface area (Å²) < 4.78 is 6.80. The quantitative estimate of drug-likeness (QED) is 0.649. The third kappa shape index (κ3) is 3.96. The van der Waals surface area contributed by atoms with Crippen molar-refractivity contribution in [2.75, 3.05) is 20.3 Å². The lowest BCUT2D eigenvalue weighted by atomic mass is 10.2. The predicted molar refractivity (Wildman–Crippen MR) is 104 cm³/mol. The van der Waals surface area contributed by atoms with Crippen LogP contribution in [0.4, 0.5) is 0 Å². The molecule has 0 unspecified atom stereocenters. The van der Waals surface area contributed by atoms with Gasteiger partial charge in [0.15, 0.2) is 5.82 Å². The monoisotopic (exact) mass is 372 g/mol. The third-order valence-electron chi connectivity index (χ3n) is 4.37. The number of nitrogens with zero attached hydrogens (tertiary/aromatic N) is 2. The highest BCUT2D eigenvalue weighted by molar-refractivity contribution is 6.30. The van der Waals surface area contributed by atoms with Crippen LogP contribution in [0.15, 0.2) is 53.3 Å². The topological polar surface area (TPSA) is 60.7 Å². The van der Waals surface area contributed by atoms with Gasteiger partial charge in [0, 0.05) is 18.6 Å². The van der Waals surface area contributed by atoms with E-state index < -0.39 is 0 Å². The first-order chi connectivity index (χ1) is 12.6. The van der Waals surface area contributed by atoms with Gasteiger partial charge in [0.2, 0.25) is 0 Å². The van der Waals surface area contributed by atoms with Crippen molar-refractivity contribution in [2.24, 2.45) is 0 Å². The van der Waals surface area contributed by atoms with E-state index in [0.717, 1.165) is 36.6 Å². The summed E-state index contributed by atoms with van der Waals surface area (Å²) in [5.74, 6) is 0.730. The molecule has 5 nitrogen and oxygen atoms in total. The van der Waals surface area contributed by atoms with Crippen molar-refractivity contribution in [2.45, 2.75) is 19.4 Å². The van der Waals surface area contributed by atoms with Gasteiger partial charge in [-0.05, 0) is 43.3 Å². The average Bonchev–Trinajstić information content (AvgIpc) is 2.66. The van der Waals surface area contributed by atoms with Crippen molar-refractivity contribution >= 4 is 22.5 Å². The lowest BCUT2D eigenvalue weighted by molar-refractivity contribution is -0.694. The molecule has 3 aromatic rings. The normalized spacial score (nSPS) is 12.4. The molecule has 0 aliphatic heterocycles. The minimum Gasteiger partial charge on any atom is -0.384 e. The van der Waals surface area contributed by atoms with Gasteiger partial charge in [0.1, 0.15) is 6.04 Å². The predicted octanol–water partition coefficient (Wildman–Crippen LogP) is 2.70. The molecule has 0 saturated carbocycles. The van der Waals surface area contributed by atoms with Crippen molar-refractivity contribution in [3.63, 3.8) is 0 Å². The van der Waals surface area contributed by atoms with Crippen molar-refractivity contribution in [3.8, 4) is 5.69 Å². The van der Waals surface area contributed by atoms with E-state index in [1.54, 1.807) is 23.8 Å². The minimum atomic E-state index is -0.0648. The summed E-state index contributed by atoms with van der Waals surface area (Å²) in [6.45, 7) is 3.69. The van der Waals surface area contributed by atoms with Gasteiger partial charge < -0.3 is 10.1 Å². The number of fused-ring (bicyclic) bond motifs is 1. The summed E-state index contributed by atoms with van der Waals surface area (Å²) >= 11 is 6.01. The molecule has 6 heteroatoms. The van der Waals surface area contributed by atoms with E-state index in [4.69, 9.17) is 21.3 Å². The molecule has 0 spiro atoms. The minimum absolute atomic E-state index is 0.0276. The Hall–Kier alpha value is -2.21. The molecule has 0 aliphatic rings. The number of halogens is 1. The second kappa shape index (κ2) is 8.45. The van der Waals surface area contributed by atoms with E-state index in [0.29, 0.717) is 10.4 Å². The molecule has 1 aromatic heterocycles. The Morgan fingerprint density at radius 1 is 1.19 bits per heavy atom. The summed E-state index contributed by atoms with van der Waals surface area (Å²) in [6.07, 6.45) is 0.944. The van der Waals surface area contributed by atoms with E-state index in [1.807, 2.05) is 36.4 Å². The van der Waals surface area contributed by atoms with Gasteiger partial charge in [-0.3, -0.25) is 9.36 Å². The van der Waals surface area contributed by atoms with E-state index in [9.17, 15) is 4.79 Å². The van der Waals surface area contributed by atoms with Gasteiger partial charge >= 0.3 is 0 Å². The molecule has 0 amide bonds. The molecule has 136 valence electrons. The highest BCUT2D eigenvalue weighted by Crippen LogP contribution is 2.18. The van der Waals surface area contributed by atoms with Gasteiger partial charge in [-0.2, -0.15) is 0 Å². The first kappa shape index (κ1) is 18.6. The summed E-state index contributed by atoms with van der Waals surface area (Å²) in [5, 5.41) is 3.43. The van der Waals surface area contributed by atoms with Gasteiger partial charge in [-0.25, -0.2) is 4.98 Å². The van der Waals surface area contributed by atoms with Crippen LogP contribution < -0.4 is 10.9 Å². The van der Waals surface area contributed by atoms with Crippen LogP contribution in [0.3, 0.4) is 0 Å². The van der Waals surface area contributed by atoms with Gasteiger partial charge in [-0.1, -0.05) is 23.7 Å². The van der Waals surface area contributed by atoms with Crippen molar-refractivity contribution in [3.05, 3.63) is 69.7 Å². The average molecular weight is 373 g/mol. The van der Waals surface area contributed by atoms with E-state index >= 15 is 0 Å². The van der Waals surface area contributed by atoms with Crippen LogP contribution in [0.2, 0.25) is 5.02 Å². The number of rotatable bonds is 7. The molecule has 3 rings (SSSR count). The molecule has 26 heavy (non-hydrogen) atoms. The van der Waals surface area contributed by atoms with E-state index in [2.05, 4.69) is 12.2 Å². The Morgan fingerprint density at radius 2 is 1.92 bits per heavy atom. The van der Waals surface area contributed by atoms with Crippen LogP contribution in [0.1, 0.15) is 25.2 Å². The highest BCUT2D eigenvalue weighted by atomic mass is 35.5. The number of quaternary nitrogens is 1. The first-order valence-electron chi connectivity index (χ1n) is 8.71. The van der Waals surface area contributed by atoms with Crippen LogP contribution >= 0.6 is 11.6 Å². The molecule has 0 fully saturated rings. The zero-order chi connectivity index (χ0) is 18.5. The SMILES string of the molecule is COCCC[NH2+][C@@H](C)c1nc2ccccc2c(=O)n1-c1ccc(Cl)cc1. The molecule has 1 heterocycles. The number of hydrogen-bond acceptors (Lipinski definition) is 3. The lowest BCUT2D eigenvalue weighted by Crippen LogP contribution is -2.85.